The van der Waals surface area contributed by atoms with Crippen molar-refractivity contribution in [1.82, 2.24) is 9.55 Å². The molecule has 0 atom stereocenters. The van der Waals surface area contributed by atoms with E-state index in [1.54, 1.807) is 10.9 Å². The number of benzene rings is 1. The van der Waals surface area contributed by atoms with Gasteiger partial charge in [-0.15, -0.1) is 11.3 Å². The van der Waals surface area contributed by atoms with E-state index in [0.717, 1.165) is 26.8 Å². The number of nitrogens with zero attached hydrogens (tertiary/aromatic N) is 2. The lowest BCUT2D eigenvalue weighted by atomic mass is 10.3. The fraction of sp³-hybridized carbons (Fsp3) is 0. The molecule has 2 N–H and O–H groups in total. The molecule has 19 heavy (non-hydrogen) atoms. The van der Waals surface area contributed by atoms with Gasteiger partial charge < -0.3 is 10.2 Å². The van der Waals surface area contributed by atoms with E-state index in [9.17, 15) is 9.90 Å². The number of imidazole rings is 1. The van der Waals surface area contributed by atoms with Gasteiger partial charge in [0, 0.05) is 10.5 Å². The normalized spacial score (nSPS) is 11.0. The Bertz CT molecular complexity index is 793. The summed E-state index contributed by atoms with van der Waals surface area (Å²) >= 11 is 4.39. The van der Waals surface area contributed by atoms with Crippen LogP contribution in [0.3, 0.4) is 0 Å². The summed E-state index contributed by atoms with van der Waals surface area (Å²) in [5.41, 5.74) is 1.64. The van der Waals surface area contributed by atoms with Crippen LogP contribution in [0.5, 0.6) is 5.75 Å². The van der Waals surface area contributed by atoms with Gasteiger partial charge in [0.15, 0.2) is 4.88 Å². The van der Waals surface area contributed by atoms with Gasteiger partial charge in [0.1, 0.15) is 17.1 Å². The second-order valence-corrected chi connectivity index (χ2v) is 5.80. The van der Waals surface area contributed by atoms with Crippen molar-refractivity contribution in [2.24, 2.45) is 0 Å². The first-order valence-corrected chi connectivity index (χ1v) is 6.86. The van der Waals surface area contributed by atoms with Gasteiger partial charge in [-0.25, -0.2) is 9.78 Å². The van der Waals surface area contributed by atoms with Crippen LogP contribution in [0.1, 0.15) is 9.67 Å². The molecule has 1 aromatic carbocycles. The molecule has 5 nitrogen and oxygen atoms in total. The molecule has 3 aromatic rings. The van der Waals surface area contributed by atoms with Gasteiger partial charge in [0.2, 0.25) is 0 Å². The summed E-state index contributed by atoms with van der Waals surface area (Å²) in [5, 5.41) is 19.2. The van der Waals surface area contributed by atoms with Crippen molar-refractivity contribution in [3.05, 3.63) is 39.9 Å². The number of fused-ring (bicyclic) bond motifs is 1. The standard InChI is InChI=1S/C12H7BrN2O3S/c13-6-1-2-7-8(3-6)15(5-14-7)10-4-9(16)11(19-10)12(17)18/h1-5,16H,(H,17,18). The van der Waals surface area contributed by atoms with Crippen LogP contribution in [-0.2, 0) is 0 Å². The first kappa shape index (κ1) is 12.2. The molecule has 7 heteroatoms. The predicted molar refractivity (Wildman–Crippen MR) is 75.3 cm³/mol. The van der Waals surface area contributed by atoms with Crippen LogP contribution in [0.4, 0.5) is 0 Å². The lowest BCUT2D eigenvalue weighted by Crippen LogP contribution is -1.91. The Hall–Kier alpha value is -1.86. The number of thiophene rings is 1. The van der Waals surface area contributed by atoms with Crippen LogP contribution in [0.15, 0.2) is 35.1 Å². The number of hydrogen-bond acceptors (Lipinski definition) is 4. The smallest absolute Gasteiger partial charge is 0.349 e. The Labute approximate surface area is 119 Å². The quantitative estimate of drug-likeness (QED) is 0.752. The molecule has 96 valence electrons. The second-order valence-electron chi connectivity index (χ2n) is 3.85. The molecule has 0 saturated carbocycles. The minimum atomic E-state index is -1.14. The monoisotopic (exact) mass is 338 g/mol. The van der Waals surface area contributed by atoms with Gasteiger partial charge in [-0.2, -0.15) is 0 Å². The first-order valence-electron chi connectivity index (χ1n) is 5.25. The molecule has 0 aliphatic heterocycles. The van der Waals surface area contributed by atoms with Crippen LogP contribution in [0.25, 0.3) is 16.0 Å². The van der Waals surface area contributed by atoms with E-state index < -0.39 is 5.97 Å². The topological polar surface area (TPSA) is 75.3 Å². The summed E-state index contributed by atoms with van der Waals surface area (Å²) in [5.74, 6) is -1.37. The van der Waals surface area contributed by atoms with Crippen molar-refractivity contribution in [3.8, 4) is 10.8 Å². The van der Waals surface area contributed by atoms with E-state index in [0.29, 0.717) is 5.00 Å². The Morgan fingerprint density at radius 2 is 2.16 bits per heavy atom. The largest absolute Gasteiger partial charge is 0.506 e. The van der Waals surface area contributed by atoms with Crippen LogP contribution < -0.4 is 0 Å². The fourth-order valence-electron chi connectivity index (χ4n) is 1.80. The third-order valence-corrected chi connectivity index (χ3v) is 4.25. The number of aromatic hydroxyl groups is 1. The number of aromatic nitrogens is 2. The van der Waals surface area contributed by atoms with Crippen molar-refractivity contribution in [1.29, 1.82) is 0 Å². The van der Waals surface area contributed by atoms with E-state index in [1.165, 1.54) is 6.07 Å². The zero-order valence-electron chi connectivity index (χ0n) is 9.37. The average Bonchev–Trinajstić information content (AvgIpc) is 2.91. The van der Waals surface area contributed by atoms with E-state index in [-0.39, 0.29) is 10.6 Å². The number of carboxylic acid groups (broad SMARTS) is 1. The van der Waals surface area contributed by atoms with Gasteiger partial charge in [-0.3, -0.25) is 4.57 Å². The summed E-state index contributed by atoms with van der Waals surface area (Å²) in [6, 6.07) is 7.06. The molecule has 0 fully saturated rings. The number of halogens is 1. The minimum absolute atomic E-state index is 0.0770. The van der Waals surface area contributed by atoms with Crippen LogP contribution in [-0.4, -0.2) is 25.7 Å². The maximum absolute atomic E-state index is 10.9. The van der Waals surface area contributed by atoms with Crippen molar-refractivity contribution in [3.63, 3.8) is 0 Å². The molecule has 0 bridgehead atoms. The number of hydrogen-bond donors (Lipinski definition) is 2. The Morgan fingerprint density at radius 3 is 2.84 bits per heavy atom. The van der Waals surface area contributed by atoms with E-state index in [2.05, 4.69) is 20.9 Å². The highest BCUT2D eigenvalue weighted by Crippen LogP contribution is 2.33. The van der Waals surface area contributed by atoms with E-state index >= 15 is 0 Å². The third kappa shape index (κ3) is 2.00. The van der Waals surface area contributed by atoms with Crippen LogP contribution in [0.2, 0.25) is 0 Å². The summed E-state index contributed by atoms with van der Waals surface area (Å²) in [4.78, 5) is 15.1. The zero-order valence-corrected chi connectivity index (χ0v) is 11.8. The van der Waals surface area contributed by atoms with E-state index in [1.807, 2.05) is 18.2 Å². The summed E-state index contributed by atoms with van der Waals surface area (Å²) < 4.78 is 2.65. The molecule has 3 rings (SSSR count). The van der Waals surface area contributed by atoms with Gasteiger partial charge in [0.25, 0.3) is 0 Å². The number of rotatable bonds is 2. The third-order valence-electron chi connectivity index (χ3n) is 2.64. The van der Waals surface area contributed by atoms with E-state index in [4.69, 9.17) is 5.11 Å². The van der Waals surface area contributed by atoms with Crippen molar-refractivity contribution in [2.75, 3.05) is 0 Å². The molecular weight excluding hydrogens is 332 g/mol. The van der Waals surface area contributed by atoms with Gasteiger partial charge in [0.05, 0.1) is 11.0 Å². The maximum atomic E-state index is 10.9. The van der Waals surface area contributed by atoms with Gasteiger partial charge >= 0.3 is 5.97 Å². The molecule has 0 unspecified atom stereocenters. The highest BCUT2D eigenvalue weighted by molar-refractivity contribution is 9.10. The molecule has 0 saturated heterocycles. The molecule has 2 heterocycles. The predicted octanol–water partition coefficient (Wildman–Crippen LogP) is 3.25. The summed E-state index contributed by atoms with van der Waals surface area (Å²) in [6.07, 6.45) is 1.61. The van der Waals surface area contributed by atoms with Crippen molar-refractivity contribution in [2.45, 2.75) is 0 Å². The molecule has 0 spiro atoms. The van der Waals surface area contributed by atoms with Crippen molar-refractivity contribution < 1.29 is 15.0 Å². The molecular formula is C12H7BrN2O3S. The maximum Gasteiger partial charge on any atom is 0.349 e. The van der Waals surface area contributed by atoms with Crippen molar-refractivity contribution >= 4 is 44.3 Å². The highest BCUT2D eigenvalue weighted by Gasteiger charge is 2.16. The Kier molecular flexibility index (Phi) is 2.79. The SMILES string of the molecule is O=C(O)c1sc(-n2cnc3ccc(Br)cc32)cc1O. The molecule has 0 aliphatic rings. The first-order chi connectivity index (χ1) is 9.06. The summed E-state index contributed by atoms with van der Waals surface area (Å²) in [7, 11) is 0. The lowest BCUT2D eigenvalue weighted by molar-refractivity contribution is 0.0699. The molecule has 0 radical (unpaired) electrons. The minimum Gasteiger partial charge on any atom is -0.506 e. The second kappa shape index (κ2) is 4.36. The fourth-order valence-corrected chi connectivity index (χ4v) is 3.02. The summed E-state index contributed by atoms with van der Waals surface area (Å²) in [6.45, 7) is 0. The zero-order chi connectivity index (χ0) is 13.6. The Balaban J connectivity index is 2.21. The highest BCUT2D eigenvalue weighted by atomic mass is 79.9. The molecule has 2 aromatic heterocycles. The Morgan fingerprint density at radius 1 is 1.37 bits per heavy atom. The average molecular weight is 339 g/mol. The van der Waals surface area contributed by atoms with Crippen LogP contribution in [0, 0.1) is 0 Å². The van der Waals surface area contributed by atoms with Gasteiger partial charge in [-0.1, -0.05) is 15.9 Å². The number of carbonyl (C=O) groups is 1. The lowest BCUT2D eigenvalue weighted by Gasteiger charge is -1.99. The molecule has 0 aliphatic carbocycles. The number of carboxylic acids is 1. The van der Waals surface area contributed by atoms with Gasteiger partial charge in [-0.05, 0) is 18.2 Å². The number of aromatic carboxylic acids is 1. The van der Waals surface area contributed by atoms with Crippen LogP contribution >= 0.6 is 27.3 Å². The molecule has 0 amide bonds.